The molecule has 0 unspecified atom stereocenters. The van der Waals surface area contributed by atoms with E-state index in [1.807, 2.05) is 26.0 Å². The van der Waals surface area contributed by atoms with Crippen LogP contribution in [-0.4, -0.2) is 45.1 Å². The first kappa shape index (κ1) is 23.9. The standard InChI is InChI=1S/C26H26FN5O3/c1-5-32(4)26(34)22-24(31-18-8-6-17(7-9-18)13-16(3)33)28-14-29-25(22)35-21-11-10-20-19(23(21)27)12-15(2)30-20/h6-12,14,30H,5,13H2,1-4H3,(H,28,29,31). The van der Waals surface area contributed by atoms with Gasteiger partial charge in [0.25, 0.3) is 5.91 Å². The molecule has 0 atom stereocenters. The number of aromatic amines is 1. The maximum Gasteiger partial charge on any atom is 0.262 e. The van der Waals surface area contributed by atoms with Crippen molar-refractivity contribution in [3.8, 4) is 11.6 Å². The molecule has 0 bridgehead atoms. The van der Waals surface area contributed by atoms with Crippen LogP contribution in [0.4, 0.5) is 15.9 Å². The Hall–Kier alpha value is -4.27. The lowest BCUT2D eigenvalue weighted by molar-refractivity contribution is -0.116. The number of benzene rings is 2. The van der Waals surface area contributed by atoms with Crippen molar-refractivity contribution >= 4 is 34.1 Å². The lowest BCUT2D eigenvalue weighted by Gasteiger charge is -2.19. The van der Waals surface area contributed by atoms with Gasteiger partial charge in [-0.2, -0.15) is 0 Å². The molecular weight excluding hydrogens is 449 g/mol. The maximum atomic E-state index is 15.2. The summed E-state index contributed by atoms with van der Waals surface area (Å²) in [5, 5.41) is 3.51. The van der Waals surface area contributed by atoms with E-state index in [-0.39, 0.29) is 34.7 Å². The molecule has 0 spiro atoms. The molecule has 1 amide bonds. The molecule has 4 aromatic rings. The van der Waals surface area contributed by atoms with Crippen LogP contribution in [0.15, 0.2) is 48.8 Å². The molecular formula is C26H26FN5O3. The number of rotatable bonds is 8. The molecule has 8 nitrogen and oxygen atoms in total. The van der Waals surface area contributed by atoms with Crippen LogP contribution in [0, 0.1) is 12.7 Å². The van der Waals surface area contributed by atoms with E-state index >= 15 is 4.39 Å². The average Bonchev–Trinajstić information content (AvgIpc) is 3.22. The predicted octanol–water partition coefficient (Wildman–Crippen LogP) is 5.16. The van der Waals surface area contributed by atoms with Crippen LogP contribution in [0.5, 0.6) is 11.6 Å². The number of amides is 1. The molecule has 0 radical (unpaired) electrons. The summed E-state index contributed by atoms with van der Waals surface area (Å²) in [5.41, 5.74) is 3.08. The molecule has 0 aliphatic rings. The van der Waals surface area contributed by atoms with Gasteiger partial charge in [0.1, 0.15) is 17.7 Å². The topological polar surface area (TPSA) is 100 Å². The molecule has 0 fully saturated rings. The molecule has 0 aliphatic carbocycles. The van der Waals surface area contributed by atoms with E-state index in [1.54, 1.807) is 31.3 Å². The van der Waals surface area contributed by atoms with Gasteiger partial charge in [0.05, 0.1) is 0 Å². The number of carbonyl (C=O) groups is 2. The first-order chi connectivity index (χ1) is 16.8. The van der Waals surface area contributed by atoms with Gasteiger partial charge in [-0.1, -0.05) is 12.1 Å². The summed E-state index contributed by atoms with van der Waals surface area (Å²) in [7, 11) is 1.65. The van der Waals surface area contributed by atoms with Crippen molar-refractivity contribution in [1.29, 1.82) is 0 Å². The molecule has 0 saturated heterocycles. The highest BCUT2D eigenvalue weighted by molar-refractivity contribution is 6.01. The van der Waals surface area contributed by atoms with E-state index in [2.05, 4.69) is 20.3 Å². The number of nitrogens with one attached hydrogen (secondary N) is 2. The van der Waals surface area contributed by atoms with Crippen molar-refractivity contribution in [2.75, 3.05) is 18.9 Å². The van der Waals surface area contributed by atoms with Gasteiger partial charge in [-0.15, -0.1) is 0 Å². The minimum atomic E-state index is -0.553. The van der Waals surface area contributed by atoms with Crippen LogP contribution in [0.2, 0.25) is 0 Å². The minimum Gasteiger partial charge on any atom is -0.435 e. The van der Waals surface area contributed by atoms with Crippen molar-refractivity contribution in [2.45, 2.75) is 27.2 Å². The Labute approximate surface area is 202 Å². The highest BCUT2D eigenvalue weighted by atomic mass is 19.1. The normalized spacial score (nSPS) is 10.9. The number of anilines is 2. The van der Waals surface area contributed by atoms with Crippen LogP contribution >= 0.6 is 0 Å². The highest BCUT2D eigenvalue weighted by Gasteiger charge is 2.25. The minimum absolute atomic E-state index is 0.0528. The Morgan fingerprint density at radius 1 is 1.14 bits per heavy atom. The fourth-order valence-corrected chi connectivity index (χ4v) is 3.67. The number of halogens is 1. The van der Waals surface area contributed by atoms with Gasteiger partial charge in [0.2, 0.25) is 5.88 Å². The first-order valence-corrected chi connectivity index (χ1v) is 11.2. The van der Waals surface area contributed by atoms with Gasteiger partial charge < -0.3 is 19.9 Å². The van der Waals surface area contributed by atoms with Gasteiger partial charge in [-0.05, 0) is 56.7 Å². The molecule has 0 saturated carbocycles. The summed E-state index contributed by atoms with van der Waals surface area (Å²) in [4.78, 5) is 37.6. The zero-order valence-electron chi connectivity index (χ0n) is 20.0. The molecule has 2 aromatic heterocycles. The number of carbonyl (C=O) groups excluding carboxylic acids is 2. The summed E-state index contributed by atoms with van der Waals surface area (Å²) in [6.07, 6.45) is 1.59. The molecule has 0 aliphatic heterocycles. The van der Waals surface area contributed by atoms with Crippen molar-refractivity contribution in [3.63, 3.8) is 0 Å². The van der Waals surface area contributed by atoms with Gasteiger partial charge in [0.15, 0.2) is 17.4 Å². The third-order valence-electron chi connectivity index (χ3n) is 5.56. The van der Waals surface area contributed by atoms with Crippen molar-refractivity contribution < 1.29 is 18.7 Å². The van der Waals surface area contributed by atoms with Crippen molar-refractivity contribution in [3.05, 3.63) is 71.4 Å². The third kappa shape index (κ3) is 5.13. The number of hydrogen-bond acceptors (Lipinski definition) is 6. The molecule has 4 rings (SSSR count). The zero-order valence-corrected chi connectivity index (χ0v) is 20.0. The van der Waals surface area contributed by atoms with E-state index in [1.165, 1.54) is 24.2 Å². The Kier molecular flexibility index (Phi) is 6.77. The van der Waals surface area contributed by atoms with Gasteiger partial charge >= 0.3 is 0 Å². The highest BCUT2D eigenvalue weighted by Crippen LogP contribution is 2.34. The van der Waals surface area contributed by atoms with E-state index in [0.29, 0.717) is 29.6 Å². The first-order valence-electron chi connectivity index (χ1n) is 11.2. The summed E-state index contributed by atoms with van der Waals surface area (Å²) >= 11 is 0. The molecule has 2 aromatic carbocycles. The Morgan fingerprint density at radius 2 is 1.89 bits per heavy atom. The Balaban J connectivity index is 1.72. The number of Topliss-reactive ketones (excluding diaryl/α,β-unsaturated/α-hetero) is 1. The van der Waals surface area contributed by atoms with Crippen LogP contribution in [0.25, 0.3) is 10.9 Å². The zero-order chi connectivity index (χ0) is 25.1. The second kappa shape index (κ2) is 9.92. The van der Waals surface area contributed by atoms with Crippen LogP contribution in [0.3, 0.4) is 0 Å². The largest absolute Gasteiger partial charge is 0.435 e. The predicted molar refractivity (Wildman–Crippen MR) is 132 cm³/mol. The quantitative estimate of drug-likeness (QED) is 0.365. The van der Waals surface area contributed by atoms with Gasteiger partial charge in [-0.3, -0.25) is 9.59 Å². The number of aromatic nitrogens is 3. The van der Waals surface area contributed by atoms with E-state index in [4.69, 9.17) is 4.74 Å². The molecule has 9 heteroatoms. The Morgan fingerprint density at radius 3 is 2.57 bits per heavy atom. The van der Waals surface area contributed by atoms with E-state index in [0.717, 1.165) is 11.3 Å². The summed E-state index contributed by atoms with van der Waals surface area (Å²) in [6, 6.07) is 12.1. The summed E-state index contributed by atoms with van der Waals surface area (Å²) in [6.45, 7) is 5.65. The molecule has 2 heterocycles. The van der Waals surface area contributed by atoms with Crippen molar-refractivity contribution in [1.82, 2.24) is 19.9 Å². The second-order valence-corrected chi connectivity index (χ2v) is 8.32. The van der Waals surface area contributed by atoms with Gasteiger partial charge in [-0.25, -0.2) is 14.4 Å². The smallest absolute Gasteiger partial charge is 0.262 e. The molecule has 2 N–H and O–H groups in total. The average molecular weight is 476 g/mol. The molecule has 180 valence electrons. The number of ketones is 1. The fourth-order valence-electron chi connectivity index (χ4n) is 3.67. The maximum absolute atomic E-state index is 15.2. The third-order valence-corrected chi connectivity index (χ3v) is 5.56. The number of nitrogens with zero attached hydrogens (tertiary/aromatic N) is 3. The summed E-state index contributed by atoms with van der Waals surface area (Å²) < 4.78 is 21.0. The van der Waals surface area contributed by atoms with Crippen LogP contribution < -0.4 is 10.1 Å². The van der Waals surface area contributed by atoms with E-state index in [9.17, 15) is 9.59 Å². The lowest BCUT2D eigenvalue weighted by Crippen LogP contribution is -2.28. The monoisotopic (exact) mass is 475 g/mol. The van der Waals surface area contributed by atoms with Crippen molar-refractivity contribution in [2.24, 2.45) is 0 Å². The number of aryl methyl sites for hydroxylation is 1. The molecule has 35 heavy (non-hydrogen) atoms. The number of hydrogen-bond donors (Lipinski definition) is 2. The Bertz CT molecular complexity index is 1400. The lowest BCUT2D eigenvalue weighted by atomic mass is 10.1. The SMILES string of the molecule is CCN(C)C(=O)c1c(Nc2ccc(CC(C)=O)cc2)ncnc1Oc1ccc2[nH]c(C)cc2c1F. The van der Waals surface area contributed by atoms with Crippen LogP contribution in [0.1, 0.15) is 35.5 Å². The van der Waals surface area contributed by atoms with E-state index < -0.39 is 5.82 Å². The number of H-pyrrole nitrogens is 1. The van der Waals surface area contributed by atoms with Crippen LogP contribution in [-0.2, 0) is 11.2 Å². The number of fused-ring (bicyclic) bond motifs is 1. The second-order valence-electron chi connectivity index (χ2n) is 8.32. The number of ether oxygens (including phenoxy) is 1. The summed E-state index contributed by atoms with van der Waals surface area (Å²) in [5.74, 6) is -0.756. The fraction of sp³-hybridized carbons (Fsp3) is 0.231. The van der Waals surface area contributed by atoms with Gasteiger partial charge in [0, 0.05) is 42.3 Å².